The minimum atomic E-state index is 0.0120. The van der Waals surface area contributed by atoms with Crippen LogP contribution in [0, 0.1) is 0 Å². The van der Waals surface area contributed by atoms with E-state index in [-0.39, 0.29) is 6.04 Å². The molecule has 0 spiro atoms. The number of hydrogen-bond acceptors (Lipinski definition) is 5. The lowest BCUT2D eigenvalue weighted by Gasteiger charge is -2.16. The van der Waals surface area contributed by atoms with Crippen LogP contribution in [0.1, 0.15) is 18.2 Å². The topological polar surface area (TPSA) is 70.7 Å². The average molecular weight is 377 g/mol. The van der Waals surface area contributed by atoms with Crippen molar-refractivity contribution in [2.75, 3.05) is 13.7 Å². The Morgan fingerprint density at radius 1 is 1.26 bits per heavy atom. The molecule has 0 fully saturated rings. The molecule has 3 aromatic heterocycles. The molecule has 120 valence electrons. The van der Waals surface area contributed by atoms with Crippen molar-refractivity contribution < 1.29 is 4.74 Å². The number of halogens is 1. The highest BCUT2D eigenvalue weighted by molar-refractivity contribution is 9.10. The molecule has 0 aliphatic heterocycles. The van der Waals surface area contributed by atoms with E-state index < -0.39 is 0 Å². The Morgan fingerprint density at radius 2 is 2.13 bits per heavy atom. The molecule has 0 aromatic carbocycles. The maximum Gasteiger partial charge on any atom is 0.0961 e. The van der Waals surface area contributed by atoms with Crippen LogP contribution >= 0.6 is 15.9 Å². The Kier molecular flexibility index (Phi) is 4.82. The van der Waals surface area contributed by atoms with Gasteiger partial charge >= 0.3 is 0 Å². The van der Waals surface area contributed by atoms with Crippen molar-refractivity contribution in [3.8, 4) is 11.3 Å². The summed E-state index contributed by atoms with van der Waals surface area (Å²) in [5.74, 6) is 0. The van der Waals surface area contributed by atoms with Crippen molar-refractivity contribution in [1.29, 1.82) is 0 Å². The molecular weight excluding hydrogens is 360 g/mol. The van der Waals surface area contributed by atoms with Crippen molar-refractivity contribution in [3.05, 3.63) is 47.1 Å². The molecule has 3 aromatic rings. The van der Waals surface area contributed by atoms with E-state index in [9.17, 15) is 0 Å². The second-order valence-electron chi connectivity index (χ2n) is 5.15. The standard InChI is InChI=1S/C15H17BrN6O/c1-21-15(9-18-20-21)11-7-19-22(10-11)14(5-6-23-2)13-4-3-12(16)8-17-13/h3-4,7-10,14H,5-6H2,1-2H3. The van der Waals surface area contributed by atoms with E-state index in [1.54, 1.807) is 24.2 Å². The normalized spacial score (nSPS) is 12.5. The molecule has 23 heavy (non-hydrogen) atoms. The van der Waals surface area contributed by atoms with Gasteiger partial charge in [0.25, 0.3) is 0 Å². The quantitative estimate of drug-likeness (QED) is 0.660. The van der Waals surface area contributed by atoms with E-state index in [4.69, 9.17) is 4.74 Å². The largest absolute Gasteiger partial charge is 0.385 e. The number of nitrogens with zero attached hydrogens (tertiary/aromatic N) is 6. The van der Waals surface area contributed by atoms with Gasteiger partial charge in [-0.25, -0.2) is 4.68 Å². The third-order valence-electron chi connectivity index (χ3n) is 3.62. The number of rotatable bonds is 6. The molecule has 3 heterocycles. The van der Waals surface area contributed by atoms with Gasteiger partial charge in [0.1, 0.15) is 0 Å². The van der Waals surface area contributed by atoms with Crippen molar-refractivity contribution in [3.63, 3.8) is 0 Å². The second kappa shape index (κ2) is 7.01. The number of hydrogen-bond donors (Lipinski definition) is 0. The van der Waals surface area contributed by atoms with Crippen molar-refractivity contribution in [1.82, 2.24) is 29.8 Å². The SMILES string of the molecule is COCCC(c1ccc(Br)cn1)n1cc(-c2cnnn2C)cn1. The first-order valence-corrected chi connectivity index (χ1v) is 7.98. The van der Waals surface area contributed by atoms with E-state index in [2.05, 4.69) is 36.3 Å². The Labute approximate surface area is 142 Å². The second-order valence-corrected chi connectivity index (χ2v) is 6.07. The molecule has 0 aliphatic rings. The first-order valence-electron chi connectivity index (χ1n) is 7.18. The first-order chi connectivity index (χ1) is 11.2. The summed E-state index contributed by atoms with van der Waals surface area (Å²) in [6.07, 6.45) is 8.12. The lowest BCUT2D eigenvalue weighted by molar-refractivity contribution is 0.181. The van der Waals surface area contributed by atoms with Crippen LogP contribution in [0.4, 0.5) is 0 Å². The van der Waals surface area contributed by atoms with Crippen LogP contribution in [0.5, 0.6) is 0 Å². The van der Waals surface area contributed by atoms with Gasteiger partial charge in [-0.05, 0) is 34.5 Å². The summed E-state index contributed by atoms with van der Waals surface area (Å²) >= 11 is 3.42. The van der Waals surface area contributed by atoms with Gasteiger partial charge in [-0.15, -0.1) is 5.10 Å². The fourth-order valence-corrected chi connectivity index (χ4v) is 2.66. The molecule has 0 amide bonds. The highest BCUT2D eigenvalue weighted by Crippen LogP contribution is 2.24. The number of aromatic nitrogens is 6. The minimum Gasteiger partial charge on any atom is -0.385 e. The zero-order valence-corrected chi connectivity index (χ0v) is 14.5. The van der Waals surface area contributed by atoms with E-state index >= 15 is 0 Å². The van der Waals surface area contributed by atoms with Crippen molar-refractivity contribution >= 4 is 15.9 Å². The molecule has 0 N–H and O–H groups in total. The van der Waals surface area contributed by atoms with Crippen LogP contribution in [0.25, 0.3) is 11.3 Å². The smallest absolute Gasteiger partial charge is 0.0961 e. The van der Waals surface area contributed by atoms with Crippen LogP contribution in [-0.4, -0.2) is 43.5 Å². The predicted molar refractivity (Wildman–Crippen MR) is 88.8 cm³/mol. The minimum absolute atomic E-state index is 0.0120. The molecule has 7 nitrogen and oxygen atoms in total. The first kappa shape index (κ1) is 15.8. The van der Waals surface area contributed by atoms with Gasteiger partial charge in [0.2, 0.25) is 0 Å². The zero-order valence-electron chi connectivity index (χ0n) is 12.9. The summed E-state index contributed by atoms with van der Waals surface area (Å²) in [5.41, 5.74) is 2.84. The monoisotopic (exact) mass is 376 g/mol. The van der Waals surface area contributed by atoms with Gasteiger partial charge < -0.3 is 4.74 Å². The van der Waals surface area contributed by atoms with E-state index in [0.29, 0.717) is 6.61 Å². The number of pyridine rings is 1. The van der Waals surface area contributed by atoms with Crippen LogP contribution in [-0.2, 0) is 11.8 Å². The highest BCUT2D eigenvalue weighted by Gasteiger charge is 2.17. The molecule has 1 atom stereocenters. The fraction of sp³-hybridized carbons (Fsp3) is 0.333. The van der Waals surface area contributed by atoms with E-state index in [0.717, 1.165) is 27.8 Å². The molecule has 0 aliphatic carbocycles. The Morgan fingerprint density at radius 3 is 2.78 bits per heavy atom. The van der Waals surface area contributed by atoms with Gasteiger partial charge in [0.05, 0.1) is 29.8 Å². The summed E-state index contributed by atoms with van der Waals surface area (Å²) in [7, 11) is 3.56. The third kappa shape index (κ3) is 3.48. The number of aryl methyl sites for hydroxylation is 1. The van der Waals surface area contributed by atoms with Crippen LogP contribution in [0.2, 0.25) is 0 Å². The Balaban J connectivity index is 1.92. The highest BCUT2D eigenvalue weighted by atomic mass is 79.9. The summed E-state index contributed by atoms with van der Waals surface area (Å²) in [4.78, 5) is 4.50. The molecule has 0 saturated heterocycles. The van der Waals surface area contributed by atoms with E-state index in [1.165, 1.54) is 0 Å². The molecule has 8 heteroatoms. The lowest BCUT2D eigenvalue weighted by atomic mass is 10.1. The van der Waals surface area contributed by atoms with Crippen molar-refractivity contribution in [2.45, 2.75) is 12.5 Å². The summed E-state index contributed by atoms with van der Waals surface area (Å²) in [6, 6.07) is 3.99. The maximum absolute atomic E-state index is 5.23. The average Bonchev–Trinajstić information content (AvgIpc) is 3.18. The molecule has 0 bridgehead atoms. The van der Waals surface area contributed by atoms with Crippen molar-refractivity contribution in [2.24, 2.45) is 7.05 Å². The molecule has 0 saturated carbocycles. The predicted octanol–water partition coefficient (Wildman–Crippen LogP) is 2.46. The Bertz CT molecular complexity index is 766. The number of methoxy groups -OCH3 is 1. The third-order valence-corrected chi connectivity index (χ3v) is 4.09. The Hall–Kier alpha value is -2.06. The van der Waals surface area contributed by atoms with Gasteiger partial charge in [-0.1, -0.05) is 5.21 Å². The molecule has 3 rings (SSSR count). The zero-order chi connectivity index (χ0) is 16.2. The maximum atomic E-state index is 5.23. The number of ether oxygens (including phenoxy) is 1. The molecular formula is C15H17BrN6O. The van der Waals surface area contributed by atoms with E-state index in [1.807, 2.05) is 36.3 Å². The van der Waals surface area contributed by atoms with Gasteiger partial charge in [0.15, 0.2) is 0 Å². The fourth-order valence-electron chi connectivity index (χ4n) is 2.42. The molecule has 0 radical (unpaired) electrons. The van der Waals surface area contributed by atoms with Crippen LogP contribution in [0.15, 0.2) is 41.4 Å². The summed E-state index contributed by atoms with van der Waals surface area (Å²) < 4.78 is 9.83. The van der Waals surface area contributed by atoms with Gasteiger partial charge in [0, 0.05) is 43.2 Å². The van der Waals surface area contributed by atoms with Crippen LogP contribution in [0.3, 0.4) is 0 Å². The molecule has 1 unspecified atom stereocenters. The van der Waals surface area contributed by atoms with Gasteiger partial charge in [-0.2, -0.15) is 5.10 Å². The van der Waals surface area contributed by atoms with Crippen LogP contribution < -0.4 is 0 Å². The lowest BCUT2D eigenvalue weighted by Crippen LogP contribution is -2.15. The summed E-state index contributed by atoms with van der Waals surface area (Å²) in [6.45, 7) is 0.630. The summed E-state index contributed by atoms with van der Waals surface area (Å²) in [5, 5.41) is 12.4. The van der Waals surface area contributed by atoms with Gasteiger partial charge in [-0.3, -0.25) is 9.67 Å².